The predicted molar refractivity (Wildman–Crippen MR) is 155 cm³/mol. The fraction of sp³-hybridized carbons (Fsp3) is 0.258. The number of fused-ring (bicyclic) bond motifs is 1. The molecule has 1 unspecified atom stereocenters. The van der Waals surface area contributed by atoms with Crippen molar-refractivity contribution in [3.63, 3.8) is 0 Å². The number of amides is 1. The Labute approximate surface area is 236 Å². The minimum absolute atomic E-state index is 0.0184. The van der Waals surface area contributed by atoms with Crippen molar-refractivity contribution in [2.45, 2.75) is 32.7 Å². The van der Waals surface area contributed by atoms with Crippen molar-refractivity contribution >= 4 is 44.1 Å². The molecule has 1 atom stereocenters. The average molecular weight is 559 g/mol. The number of aliphatic hydroxyl groups excluding tert-OH is 1. The van der Waals surface area contributed by atoms with Crippen LogP contribution in [0.15, 0.2) is 72.3 Å². The molecule has 4 aromatic rings. The molecule has 1 saturated heterocycles. The van der Waals surface area contributed by atoms with Crippen molar-refractivity contribution in [2.24, 2.45) is 0 Å². The maximum Gasteiger partial charge on any atom is 0.301 e. The average Bonchev–Trinajstić information content (AvgIpc) is 3.51. The molecule has 5 rings (SSSR count). The van der Waals surface area contributed by atoms with E-state index in [9.17, 15) is 14.7 Å². The van der Waals surface area contributed by atoms with Gasteiger partial charge >= 0.3 is 5.91 Å². The standard InChI is InChI=1S/C31H30N2O6S/c1-4-6-16-39-21-12-10-19(11-13-21)27-26(28(34)20-8-7-9-23(17-20)38-5-2)29(35)30(36)33(27)31-32-24-15-14-22(37-3)18-25(24)40-31/h7-15,17-18,27,34H,4-6,16H2,1-3H3/b28-26+. The van der Waals surface area contributed by atoms with Crippen LogP contribution >= 0.6 is 11.3 Å². The molecule has 0 bridgehead atoms. The molecule has 0 aliphatic carbocycles. The first-order valence-corrected chi connectivity index (χ1v) is 14.0. The summed E-state index contributed by atoms with van der Waals surface area (Å²) in [6, 6.07) is 18.6. The lowest BCUT2D eigenvalue weighted by Gasteiger charge is -2.23. The number of aliphatic hydroxyl groups is 1. The van der Waals surface area contributed by atoms with E-state index in [2.05, 4.69) is 11.9 Å². The number of carbonyl (C=O) groups excluding carboxylic acids is 2. The maximum atomic E-state index is 13.6. The molecule has 0 spiro atoms. The monoisotopic (exact) mass is 558 g/mol. The molecular formula is C31H30N2O6S. The lowest BCUT2D eigenvalue weighted by atomic mass is 9.95. The first-order chi connectivity index (χ1) is 19.4. The number of aromatic nitrogens is 1. The van der Waals surface area contributed by atoms with Gasteiger partial charge in [0.1, 0.15) is 23.0 Å². The quantitative estimate of drug-likeness (QED) is 0.103. The molecule has 1 aromatic heterocycles. The molecule has 8 nitrogen and oxygen atoms in total. The number of benzene rings is 3. The van der Waals surface area contributed by atoms with Crippen LogP contribution in [0.5, 0.6) is 17.2 Å². The van der Waals surface area contributed by atoms with E-state index < -0.39 is 17.7 Å². The lowest BCUT2D eigenvalue weighted by Crippen LogP contribution is -2.29. The number of methoxy groups -OCH3 is 1. The minimum atomic E-state index is -0.900. The Bertz CT molecular complexity index is 1580. The van der Waals surface area contributed by atoms with Crippen LogP contribution in [-0.4, -0.2) is 42.1 Å². The molecule has 3 aromatic carbocycles. The number of rotatable bonds is 10. The maximum absolute atomic E-state index is 13.6. The van der Waals surface area contributed by atoms with Crippen molar-refractivity contribution in [2.75, 3.05) is 25.2 Å². The van der Waals surface area contributed by atoms with E-state index in [0.717, 1.165) is 17.5 Å². The molecule has 1 amide bonds. The van der Waals surface area contributed by atoms with Crippen LogP contribution in [0.4, 0.5) is 5.13 Å². The third kappa shape index (κ3) is 5.24. The van der Waals surface area contributed by atoms with Gasteiger partial charge in [-0.3, -0.25) is 14.5 Å². The Morgan fingerprint density at radius 1 is 0.975 bits per heavy atom. The van der Waals surface area contributed by atoms with Crippen LogP contribution in [0.2, 0.25) is 0 Å². The second-order valence-corrected chi connectivity index (χ2v) is 10.2. The highest BCUT2D eigenvalue weighted by atomic mass is 32.1. The number of anilines is 1. The largest absolute Gasteiger partial charge is 0.507 e. The third-order valence-electron chi connectivity index (χ3n) is 6.62. The molecule has 1 N–H and O–H groups in total. The molecule has 0 radical (unpaired) electrons. The molecule has 1 aliphatic rings. The highest BCUT2D eigenvalue weighted by Gasteiger charge is 2.48. The third-order valence-corrected chi connectivity index (χ3v) is 7.63. The Hall–Kier alpha value is -4.37. The number of Topliss-reactive ketones (excluding diaryl/α,β-unsaturated/α-hetero) is 1. The molecule has 9 heteroatoms. The van der Waals surface area contributed by atoms with Crippen molar-refractivity contribution in [1.82, 2.24) is 4.98 Å². The van der Waals surface area contributed by atoms with E-state index in [1.165, 1.54) is 16.2 Å². The molecule has 206 valence electrons. The van der Waals surface area contributed by atoms with Crippen LogP contribution in [0, 0.1) is 0 Å². The van der Waals surface area contributed by atoms with Gasteiger partial charge in [-0.2, -0.15) is 0 Å². The van der Waals surface area contributed by atoms with E-state index in [1.807, 2.05) is 37.3 Å². The second-order valence-electron chi connectivity index (χ2n) is 9.23. The lowest BCUT2D eigenvalue weighted by molar-refractivity contribution is -0.132. The highest BCUT2D eigenvalue weighted by Crippen LogP contribution is 2.45. The number of nitrogens with zero attached hydrogens (tertiary/aromatic N) is 2. The summed E-state index contributed by atoms with van der Waals surface area (Å²) in [6.45, 7) is 5.00. The van der Waals surface area contributed by atoms with Gasteiger partial charge in [-0.1, -0.05) is 48.9 Å². The van der Waals surface area contributed by atoms with Gasteiger partial charge in [-0.25, -0.2) is 4.98 Å². The van der Waals surface area contributed by atoms with Gasteiger partial charge in [0, 0.05) is 5.56 Å². The number of carbonyl (C=O) groups is 2. The van der Waals surface area contributed by atoms with E-state index >= 15 is 0 Å². The van der Waals surface area contributed by atoms with Gasteiger partial charge in [-0.15, -0.1) is 0 Å². The number of ketones is 1. The topological polar surface area (TPSA) is 98.2 Å². The fourth-order valence-corrected chi connectivity index (χ4v) is 5.62. The molecule has 1 fully saturated rings. The zero-order chi connectivity index (χ0) is 28.2. The predicted octanol–water partition coefficient (Wildman–Crippen LogP) is 6.51. The molecule has 0 saturated carbocycles. The number of unbranched alkanes of at least 4 members (excludes halogenated alkanes) is 1. The summed E-state index contributed by atoms with van der Waals surface area (Å²) in [5.41, 5.74) is 1.67. The van der Waals surface area contributed by atoms with Crippen molar-refractivity contribution in [3.05, 3.63) is 83.4 Å². The Morgan fingerprint density at radius 3 is 2.48 bits per heavy atom. The highest BCUT2D eigenvalue weighted by molar-refractivity contribution is 7.22. The van der Waals surface area contributed by atoms with Gasteiger partial charge in [0.2, 0.25) is 0 Å². The Kier molecular flexibility index (Phi) is 8.02. The molecule has 2 heterocycles. The summed E-state index contributed by atoms with van der Waals surface area (Å²) in [6.07, 6.45) is 1.95. The number of ether oxygens (including phenoxy) is 3. The van der Waals surface area contributed by atoms with Crippen LogP contribution in [0.25, 0.3) is 16.0 Å². The SMILES string of the molecule is CCCCOc1ccc(C2/C(=C(\O)c3cccc(OCC)c3)C(=O)C(=O)N2c2nc3ccc(OC)cc3s2)cc1. The van der Waals surface area contributed by atoms with Gasteiger partial charge in [0.05, 0.1) is 42.2 Å². The number of hydrogen-bond donors (Lipinski definition) is 1. The van der Waals surface area contributed by atoms with Crippen LogP contribution in [0.1, 0.15) is 43.9 Å². The normalized spacial score (nSPS) is 16.5. The first kappa shape index (κ1) is 27.2. The summed E-state index contributed by atoms with van der Waals surface area (Å²) in [7, 11) is 1.58. The molecule has 1 aliphatic heterocycles. The van der Waals surface area contributed by atoms with Crippen LogP contribution in [-0.2, 0) is 9.59 Å². The zero-order valence-corrected chi connectivity index (χ0v) is 23.4. The van der Waals surface area contributed by atoms with E-state index in [0.29, 0.717) is 52.2 Å². The fourth-order valence-electron chi connectivity index (χ4n) is 4.60. The summed E-state index contributed by atoms with van der Waals surface area (Å²) in [5, 5.41) is 11.8. The summed E-state index contributed by atoms with van der Waals surface area (Å²) in [5.74, 6) is 0.0653. The van der Waals surface area contributed by atoms with E-state index in [-0.39, 0.29) is 11.3 Å². The van der Waals surface area contributed by atoms with Gasteiger partial charge in [0.25, 0.3) is 5.78 Å². The van der Waals surface area contributed by atoms with Crippen molar-refractivity contribution in [1.29, 1.82) is 0 Å². The van der Waals surface area contributed by atoms with Gasteiger partial charge in [-0.05, 0) is 61.4 Å². The van der Waals surface area contributed by atoms with E-state index in [1.54, 1.807) is 43.5 Å². The van der Waals surface area contributed by atoms with Crippen LogP contribution < -0.4 is 19.1 Å². The van der Waals surface area contributed by atoms with Crippen molar-refractivity contribution < 1.29 is 28.9 Å². The number of thiazole rings is 1. The number of hydrogen-bond acceptors (Lipinski definition) is 8. The Balaban J connectivity index is 1.63. The Morgan fingerprint density at radius 2 is 1.75 bits per heavy atom. The van der Waals surface area contributed by atoms with Gasteiger partial charge < -0.3 is 19.3 Å². The summed E-state index contributed by atoms with van der Waals surface area (Å²) >= 11 is 1.28. The molecule has 40 heavy (non-hydrogen) atoms. The smallest absolute Gasteiger partial charge is 0.301 e. The molecular weight excluding hydrogens is 528 g/mol. The van der Waals surface area contributed by atoms with Crippen molar-refractivity contribution in [3.8, 4) is 17.2 Å². The summed E-state index contributed by atoms with van der Waals surface area (Å²) in [4.78, 5) is 33.2. The first-order valence-electron chi connectivity index (χ1n) is 13.2. The van der Waals surface area contributed by atoms with Crippen LogP contribution in [0.3, 0.4) is 0 Å². The van der Waals surface area contributed by atoms with E-state index in [4.69, 9.17) is 14.2 Å². The zero-order valence-electron chi connectivity index (χ0n) is 22.5. The second kappa shape index (κ2) is 11.8. The minimum Gasteiger partial charge on any atom is -0.507 e. The van der Waals surface area contributed by atoms with Gasteiger partial charge in [0.15, 0.2) is 5.13 Å². The summed E-state index contributed by atoms with van der Waals surface area (Å²) < 4.78 is 17.5.